The number of carboxylic acids is 1. The van der Waals surface area contributed by atoms with Crippen LogP contribution in [0.15, 0.2) is 22.1 Å². The number of carbonyl (C=O) groups excluding carboxylic acids is 8. The Kier molecular flexibility index (Phi) is 23.1. The van der Waals surface area contributed by atoms with Crippen LogP contribution >= 0.6 is 11.8 Å². The van der Waals surface area contributed by atoms with E-state index >= 15 is 0 Å². The fourth-order valence-electron chi connectivity index (χ4n) is 6.44. The van der Waals surface area contributed by atoms with Crippen LogP contribution in [0.3, 0.4) is 0 Å². The molecule has 9 amide bonds. The number of nitrogens with zero attached hydrogens (tertiary/aromatic N) is 6. The molecule has 10 atom stereocenters. The number of aliphatic carboxylic acids is 1. The van der Waals surface area contributed by atoms with Crippen LogP contribution < -0.4 is 43.9 Å². The molecule has 13 N–H and O–H groups in total. The number of urea groups is 1. The average Bonchev–Trinajstić information content (AvgIpc) is 3.56. The number of nitrogens with one attached hydrogen (secondary N) is 4. The number of primary amides is 1. The minimum Gasteiger partial charge on any atom is -0.756 e. The van der Waals surface area contributed by atoms with Crippen LogP contribution in [-0.2, 0) is 45.4 Å². The van der Waals surface area contributed by atoms with Crippen molar-refractivity contribution in [2.75, 3.05) is 26.2 Å². The normalized spacial score (nSPS) is 19.6. The second-order valence-corrected chi connectivity index (χ2v) is 16.7. The Bertz CT molecular complexity index is 2130. The van der Waals surface area contributed by atoms with Crippen molar-refractivity contribution in [1.82, 2.24) is 45.6 Å². The summed E-state index contributed by atoms with van der Waals surface area (Å²) in [5.74, 6) is -9.23. The Morgan fingerprint density at radius 3 is 1.65 bits per heavy atom. The highest BCUT2D eigenvalue weighted by molar-refractivity contribution is 8.00. The third-order valence-corrected chi connectivity index (χ3v) is 12.0. The molecule has 0 aromatic carbocycles. The Morgan fingerprint density at radius 1 is 0.765 bits per heavy atom. The molecule has 30 nitrogen and oxygen atoms in total. The van der Waals surface area contributed by atoms with E-state index in [1.165, 1.54) is 13.1 Å². The summed E-state index contributed by atoms with van der Waals surface area (Å²) < 4.78 is 1.77. The molecule has 2 heterocycles. The summed E-state index contributed by atoms with van der Waals surface area (Å²) in [6.07, 6.45) is -6.36. The molecule has 0 bridgehead atoms. The first kappa shape index (κ1) is 58.1. The Labute approximate surface area is 390 Å². The third kappa shape index (κ3) is 16.9. The maximum absolute atomic E-state index is 13.8. The Balaban J connectivity index is 2.35. The molecule has 0 saturated carbocycles. The van der Waals surface area contributed by atoms with Gasteiger partial charge in [-0.3, -0.25) is 42.7 Å². The lowest BCUT2D eigenvalue weighted by Crippen LogP contribution is -2.61. The molecule has 31 heteroatoms. The quantitative estimate of drug-likeness (QED) is 0.0406. The highest BCUT2D eigenvalue weighted by atomic mass is 32.2. The van der Waals surface area contributed by atoms with Crippen LogP contribution in [0.25, 0.3) is 0 Å². The van der Waals surface area contributed by atoms with Gasteiger partial charge in [-0.05, 0) is 44.6 Å². The van der Waals surface area contributed by atoms with Gasteiger partial charge in [-0.2, -0.15) is 4.99 Å². The molecule has 0 aliphatic carbocycles. The molecular weight excluding hydrogens is 933 g/mol. The van der Waals surface area contributed by atoms with Gasteiger partial charge < -0.3 is 89.1 Å². The van der Waals surface area contributed by atoms with E-state index in [1.807, 2.05) is 5.32 Å². The van der Waals surface area contributed by atoms with E-state index in [1.54, 1.807) is 0 Å². The first-order valence-corrected chi connectivity index (χ1v) is 21.7. The molecular formula is C37H57N12O18S-3. The van der Waals surface area contributed by atoms with Crippen molar-refractivity contribution in [2.45, 2.75) is 118 Å². The summed E-state index contributed by atoms with van der Waals surface area (Å²) in [7, 11) is 1.21. The number of carbonyl (C=O) groups is 9. The second-order valence-electron chi connectivity index (χ2n) is 15.4. The summed E-state index contributed by atoms with van der Waals surface area (Å²) in [4.78, 5) is 128. The first-order valence-electron chi connectivity index (χ1n) is 20.7. The third-order valence-electron chi connectivity index (χ3n) is 10.3. The zero-order chi connectivity index (χ0) is 51.7. The smallest absolute Gasteiger partial charge is 0.340 e. The van der Waals surface area contributed by atoms with Crippen LogP contribution in [0.5, 0.6) is 0 Å². The number of amides is 9. The number of hydrogen-bond donors (Lipinski definition) is 11. The molecule has 0 unspecified atom stereocenters. The molecule has 68 heavy (non-hydrogen) atoms. The van der Waals surface area contributed by atoms with Crippen molar-refractivity contribution in [3.8, 4) is 0 Å². The molecule has 0 radical (unpaired) electrons. The fraction of sp³-hybridized carbons (Fsp3) is 0.649. The van der Waals surface area contributed by atoms with Gasteiger partial charge >= 0.3 is 17.7 Å². The molecule has 1 aliphatic heterocycles. The van der Waals surface area contributed by atoms with E-state index < -0.39 is 144 Å². The van der Waals surface area contributed by atoms with E-state index in [0.717, 1.165) is 36.1 Å². The lowest BCUT2D eigenvalue weighted by Gasteiger charge is -2.30. The number of aliphatic hydroxyl groups excluding tert-OH is 4. The summed E-state index contributed by atoms with van der Waals surface area (Å²) in [6, 6.07) is -8.98. The molecule has 1 aliphatic rings. The molecule has 0 spiro atoms. The number of aliphatic hydroxyl groups is 4. The molecule has 1 aromatic heterocycles. The lowest BCUT2D eigenvalue weighted by molar-refractivity contribution is -0.146. The minimum atomic E-state index is -2.32. The van der Waals surface area contributed by atoms with Gasteiger partial charge in [0.25, 0.3) is 0 Å². The van der Waals surface area contributed by atoms with E-state index in [-0.39, 0.29) is 59.3 Å². The fourth-order valence-corrected chi connectivity index (χ4v) is 8.01. The monoisotopic (exact) mass is 989 g/mol. The standard InChI is InChI=1S/C37H57N12O18S/c1-17(51)47(65)12-5-8-20(38)30(57)40-21(9-6-13-48(66)18(2)52)31(58)41-22(10-7-14-49(67)19(3)53)32(59)42-23(16-50)33(60)44-25(35(61)62)26(54)29-27(55)28(56)34(68-29)46-15-11-24(43-36(39)63)45(4)37(46)64/h11,15,20-23,25-29,34,50,54-56H,5-10,12-14,16,38H2,1-4H3,(H2,39,63)(H,40,57)(H,41,58)(H,42,59)(H,44,60)(H,61,62)/q-3/t20-,21-,22-,23-,25+,26-,27+,28+,29+,34+/m0/s1. The van der Waals surface area contributed by atoms with Gasteiger partial charge in [-0.1, -0.05) is 0 Å². The summed E-state index contributed by atoms with van der Waals surface area (Å²) in [5.41, 5.74) is 9.94. The van der Waals surface area contributed by atoms with Crippen LogP contribution in [0.2, 0.25) is 0 Å². The van der Waals surface area contributed by atoms with Crippen molar-refractivity contribution in [3.05, 3.63) is 43.9 Å². The maximum atomic E-state index is 13.8. The number of rotatable bonds is 25. The van der Waals surface area contributed by atoms with Gasteiger partial charge in [0.1, 0.15) is 35.1 Å². The summed E-state index contributed by atoms with van der Waals surface area (Å²) in [6.45, 7) is 0.467. The SMILES string of the molecule is CC(=O)N([O-])CCC[C@H](NC(=O)[C@H](CCCN([O-])C(C)=O)NC(=O)[C@@H](N)CCCN([O-])C(C)=O)C(=O)N[C@@H](CO)C(=O)N[C@@H](C(=O)O)[C@H](O)[C@H]1S[C@@H](n2ccc(=NC(N)=O)n(C)c2=O)[C@H](O)[C@H]1O. The maximum Gasteiger partial charge on any atom is 0.340 e. The van der Waals surface area contributed by atoms with Gasteiger partial charge in [0, 0.05) is 53.6 Å². The molecule has 1 aromatic rings. The van der Waals surface area contributed by atoms with E-state index in [4.69, 9.17) is 11.5 Å². The molecule has 1 saturated heterocycles. The zero-order valence-corrected chi connectivity index (χ0v) is 38.1. The number of carboxylic acid groups (broad SMARTS) is 1. The summed E-state index contributed by atoms with van der Waals surface area (Å²) >= 11 is 0.535. The largest absolute Gasteiger partial charge is 0.756 e. The molecule has 382 valence electrons. The van der Waals surface area contributed by atoms with Gasteiger partial charge in [-0.15, -0.1) is 11.8 Å². The van der Waals surface area contributed by atoms with Crippen molar-refractivity contribution in [3.63, 3.8) is 0 Å². The van der Waals surface area contributed by atoms with E-state index in [9.17, 15) is 89.1 Å². The Morgan fingerprint density at radius 2 is 1.21 bits per heavy atom. The van der Waals surface area contributed by atoms with Crippen LogP contribution in [-0.4, -0.2) is 183 Å². The van der Waals surface area contributed by atoms with Crippen molar-refractivity contribution in [2.24, 2.45) is 23.5 Å². The van der Waals surface area contributed by atoms with Crippen LogP contribution in [0.1, 0.15) is 64.7 Å². The number of hydrogen-bond acceptors (Lipinski definition) is 19. The highest BCUT2D eigenvalue weighted by Gasteiger charge is 2.50. The van der Waals surface area contributed by atoms with Gasteiger partial charge in [0.15, 0.2) is 6.04 Å². The van der Waals surface area contributed by atoms with Crippen molar-refractivity contribution < 1.29 is 68.7 Å². The zero-order valence-electron chi connectivity index (χ0n) is 37.3. The van der Waals surface area contributed by atoms with Crippen molar-refractivity contribution >= 4 is 65.1 Å². The lowest BCUT2D eigenvalue weighted by atomic mass is 10.00. The number of nitrogens with two attached hydrogens (primary N) is 2. The number of hydroxylamine groups is 6. The average molecular weight is 990 g/mol. The minimum absolute atomic E-state index is 0.0238. The number of aromatic nitrogens is 2. The second kappa shape index (κ2) is 27.1. The topological polar surface area (TPSA) is 473 Å². The van der Waals surface area contributed by atoms with Gasteiger partial charge in [0.2, 0.25) is 41.4 Å². The summed E-state index contributed by atoms with van der Waals surface area (Å²) in [5, 5.41) is 94.7. The van der Waals surface area contributed by atoms with Crippen LogP contribution in [0.4, 0.5) is 4.79 Å². The number of thioether (sulfide) groups is 1. The van der Waals surface area contributed by atoms with Crippen molar-refractivity contribution in [1.29, 1.82) is 0 Å². The van der Waals surface area contributed by atoms with Gasteiger partial charge in [0.05, 0.1) is 30.1 Å². The molecule has 1 fully saturated rings. The molecule has 2 rings (SSSR count). The van der Waals surface area contributed by atoms with E-state index in [0.29, 0.717) is 11.8 Å². The van der Waals surface area contributed by atoms with E-state index in [2.05, 4.69) is 20.9 Å². The first-order chi connectivity index (χ1) is 31.7. The van der Waals surface area contributed by atoms with Gasteiger partial charge in [-0.25, -0.2) is 14.4 Å². The Hall–Kier alpha value is -6.06. The van der Waals surface area contributed by atoms with Crippen LogP contribution in [0, 0.1) is 15.6 Å². The predicted molar refractivity (Wildman–Crippen MR) is 234 cm³/mol. The highest BCUT2D eigenvalue weighted by Crippen LogP contribution is 2.43. The predicted octanol–water partition coefficient (Wildman–Crippen LogP) is -6.41.